The van der Waals surface area contributed by atoms with E-state index >= 15 is 0 Å². The normalized spacial score (nSPS) is 19.8. The van der Waals surface area contributed by atoms with Crippen molar-refractivity contribution in [3.05, 3.63) is 42.2 Å². The van der Waals surface area contributed by atoms with Gasteiger partial charge >= 0.3 is 0 Å². The highest BCUT2D eigenvalue weighted by Crippen LogP contribution is 2.34. The van der Waals surface area contributed by atoms with Crippen LogP contribution in [0.2, 0.25) is 0 Å². The van der Waals surface area contributed by atoms with Crippen LogP contribution in [0.1, 0.15) is 32.1 Å². The fourth-order valence-electron chi connectivity index (χ4n) is 4.80. The monoisotopic (exact) mass is 410 g/mol. The molecule has 1 aliphatic heterocycles. The number of aromatic nitrogens is 4. The highest BCUT2D eigenvalue weighted by molar-refractivity contribution is 5.60. The van der Waals surface area contributed by atoms with Crippen LogP contribution in [0, 0.1) is 5.82 Å². The van der Waals surface area contributed by atoms with Gasteiger partial charge in [0.1, 0.15) is 11.6 Å². The van der Waals surface area contributed by atoms with Crippen molar-refractivity contribution < 1.29 is 9.13 Å². The number of halogens is 1. The predicted octanol–water partition coefficient (Wildman–Crippen LogP) is 3.38. The first-order valence-electron chi connectivity index (χ1n) is 10.8. The lowest BCUT2D eigenvalue weighted by Gasteiger charge is -2.48. The van der Waals surface area contributed by atoms with Gasteiger partial charge in [-0.25, -0.2) is 4.39 Å². The SMILES string of the molecule is Fc1ccccc1-c1nnc2ccc(NCC3(N4CCOCC4)CCCCC3)nn12. The van der Waals surface area contributed by atoms with Crippen LogP contribution < -0.4 is 5.32 Å². The van der Waals surface area contributed by atoms with Crippen LogP contribution in [0.15, 0.2) is 36.4 Å². The first-order valence-corrected chi connectivity index (χ1v) is 10.8. The summed E-state index contributed by atoms with van der Waals surface area (Å²) in [6, 6.07) is 10.4. The Hall–Kier alpha value is -2.58. The van der Waals surface area contributed by atoms with Crippen LogP contribution in [0.3, 0.4) is 0 Å². The second kappa shape index (κ2) is 8.28. The quantitative estimate of drug-likeness (QED) is 0.696. The number of ether oxygens (including phenoxy) is 1. The lowest BCUT2D eigenvalue weighted by atomic mass is 9.79. The minimum absolute atomic E-state index is 0.139. The predicted molar refractivity (Wildman–Crippen MR) is 113 cm³/mol. The van der Waals surface area contributed by atoms with Crippen molar-refractivity contribution in [1.82, 2.24) is 24.7 Å². The summed E-state index contributed by atoms with van der Waals surface area (Å²) in [7, 11) is 0. The standard InChI is InChI=1S/C22H27FN6O/c23-18-7-3-2-6-17(18)21-26-25-20-9-8-19(27-29(20)21)24-16-22(10-4-1-5-11-22)28-12-14-30-15-13-28/h2-3,6-9H,1,4-5,10-16H2,(H,24,27). The van der Waals surface area contributed by atoms with Crippen LogP contribution in [0.25, 0.3) is 17.0 Å². The van der Waals surface area contributed by atoms with Crippen molar-refractivity contribution in [2.45, 2.75) is 37.6 Å². The van der Waals surface area contributed by atoms with Gasteiger partial charge in [-0.3, -0.25) is 4.90 Å². The number of benzene rings is 1. The summed E-state index contributed by atoms with van der Waals surface area (Å²) in [5, 5.41) is 16.6. The van der Waals surface area contributed by atoms with Gasteiger partial charge in [-0.2, -0.15) is 4.52 Å². The molecule has 30 heavy (non-hydrogen) atoms. The van der Waals surface area contributed by atoms with Gasteiger partial charge in [0.2, 0.25) is 0 Å². The van der Waals surface area contributed by atoms with Crippen LogP contribution in [0.5, 0.6) is 0 Å². The highest BCUT2D eigenvalue weighted by Gasteiger charge is 2.38. The minimum atomic E-state index is -0.333. The molecule has 0 bridgehead atoms. The molecule has 0 amide bonds. The fourth-order valence-corrected chi connectivity index (χ4v) is 4.80. The number of hydrogen-bond donors (Lipinski definition) is 1. The number of anilines is 1. The third-order valence-electron chi connectivity index (χ3n) is 6.44. The molecule has 1 N–H and O–H groups in total. The molecule has 2 aliphatic rings. The lowest BCUT2D eigenvalue weighted by Crippen LogP contribution is -2.58. The molecule has 0 atom stereocenters. The smallest absolute Gasteiger partial charge is 0.188 e. The molecule has 0 unspecified atom stereocenters. The topological polar surface area (TPSA) is 67.6 Å². The Kier molecular flexibility index (Phi) is 5.35. The fraction of sp³-hybridized carbons (Fsp3) is 0.500. The van der Waals surface area contributed by atoms with Crippen molar-refractivity contribution in [2.24, 2.45) is 0 Å². The molecule has 3 aromatic rings. The van der Waals surface area contributed by atoms with E-state index in [-0.39, 0.29) is 11.4 Å². The van der Waals surface area contributed by atoms with Gasteiger partial charge in [-0.15, -0.1) is 15.3 Å². The highest BCUT2D eigenvalue weighted by atomic mass is 19.1. The average Bonchev–Trinajstić information content (AvgIpc) is 3.22. The van der Waals surface area contributed by atoms with Gasteiger partial charge in [0.05, 0.1) is 18.8 Å². The molecule has 1 saturated heterocycles. The van der Waals surface area contributed by atoms with E-state index in [1.807, 2.05) is 12.1 Å². The zero-order chi connectivity index (χ0) is 20.4. The van der Waals surface area contributed by atoms with Gasteiger partial charge < -0.3 is 10.1 Å². The van der Waals surface area contributed by atoms with E-state index in [2.05, 4.69) is 25.5 Å². The van der Waals surface area contributed by atoms with E-state index in [0.717, 1.165) is 38.7 Å². The largest absolute Gasteiger partial charge is 0.379 e. The van der Waals surface area contributed by atoms with Crippen LogP contribution in [0.4, 0.5) is 10.2 Å². The average molecular weight is 410 g/mol. The van der Waals surface area contributed by atoms with Crippen molar-refractivity contribution in [3.63, 3.8) is 0 Å². The summed E-state index contributed by atoms with van der Waals surface area (Å²) in [4.78, 5) is 2.60. The Balaban J connectivity index is 1.41. The number of hydrogen-bond acceptors (Lipinski definition) is 6. The van der Waals surface area contributed by atoms with Crippen molar-refractivity contribution in [2.75, 3.05) is 38.2 Å². The van der Waals surface area contributed by atoms with Crippen LogP contribution >= 0.6 is 0 Å². The summed E-state index contributed by atoms with van der Waals surface area (Å²) in [5.41, 5.74) is 1.13. The Morgan fingerprint density at radius 1 is 1.00 bits per heavy atom. The number of fused-ring (bicyclic) bond motifs is 1. The zero-order valence-electron chi connectivity index (χ0n) is 17.1. The first-order chi connectivity index (χ1) is 14.8. The zero-order valence-corrected chi connectivity index (χ0v) is 17.1. The Bertz CT molecular complexity index is 1010. The van der Waals surface area contributed by atoms with E-state index in [9.17, 15) is 4.39 Å². The Labute approximate surface area is 175 Å². The summed E-state index contributed by atoms with van der Waals surface area (Å²) in [5.74, 6) is 0.825. The van der Waals surface area contributed by atoms with Crippen LogP contribution in [-0.2, 0) is 4.74 Å². The molecule has 1 aliphatic carbocycles. The maximum absolute atomic E-state index is 14.3. The number of nitrogens with zero attached hydrogens (tertiary/aromatic N) is 5. The maximum Gasteiger partial charge on any atom is 0.188 e. The summed E-state index contributed by atoms with van der Waals surface area (Å²) in [6.45, 7) is 4.41. The molecule has 158 valence electrons. The lowest BCUT2D eigenvalue weighted by molar-refractivity contribution is -0.0318. The molecule has 2 fully saturated rings. The second-order valence-corrected chi connectivity index (χ2v) is 8.23. The van der Waals surface area contributed by atoms with Crippen LogP contribution in [-0.4, -0.2) is 63.1 Å². The number of rotatable bonds is 5. The molecule has 1 saturated carbocycles. The number of morpholine rings is 1. The first kappa shape index (κ1) is 19.4. The molecular weight excluding hydrogens is 383 g/mol. The van der Waals surface area contributed by atoms with E-state index in [0.29, 0.717) is 17.0 Å². The third-order valence-corrected chi connectivity index (χ3v) is 6.44. The Morgan fingerprint density at radius 3 is 2.60 bits per heavy atom. The molecule has 3 heterocycles. The van der Waals surface area contributed by atoms with E-state index < -0.39 is 0 Å². The number of nitrogens with one attached hydrogen (secondary N) is 1. The summed E-state index contributed by atoms with van der Waals surface area (Å²) >= 11 is 0. The van der Waals surface area contributed by atoms with Gasteiger partial charge in [0.15, 0.2) is 11.5 Å². The summed E-state index contributed by atoms with van der Waals surface area (Å²) in [6.07, 6.45) is 6.20. The van der Waals surface area contributed by atoms with Gasteiger partial charge in [-0.1, -0.05) is 31.4 Å². The third kappa shape index (κ3) is 3.65. The van der Waals surface area contributed by atoms with Gasteiger partial charge in [-0.05, 0) is 37.1 Å². The van der Waals surface area contributed by atoms with E-state index in [1.54, 1.807) is 22.7 Å². The second-order valence-electron chi connectivity index (χ2n) is 8.23. The van der Waals surface area contributed by atoms with Crippen molar-refractivity contribution in [1.29, 1.82) is 0 Å². The molecule has 1 aromatic carbocycles. The minimum Gasteiger partial charge on any atom is -0.379 e. The molecule has 7 nitrogen and oxygen atoms in total. The van der Waals surface area contributed by atoms with Crippen molar-refractivity contribution >= 4 is 11.5 Å². The maximum atomic E-state index is 14.3. The molecular formula is C22H27FN6O. The van der Waals surface area contributed by atoms with E-state index in [4.69, 9.17) is 4.74 Å². The molecule has 0 radical (unpaired) electrons. The molecule has 0 spiro atoms. The van der Waals surface area contributed by atoms with Gasteiger partial charge in [0, 0.05) is 25.2 Å². The molecule has 5 rings (SSSR count). The van der Waals surface area contributed by atoms with Crippen molar-refractivity contribution in [3.8, 4) is 11.4 Å². The van der Waals surface area contributed by atoms with Gasteiger partial charge in [0.25, 0.3) is 0 Å². The molecule has 2 aromatic heterocycles. The molecule has 8 heteroatoms. The van der Waals surface area contributed by atoms with E-state index in [1.165, 1.54) is 38.2 Å². The Morgan fingerprint density at radius 2 is 1.80 bits per heavy atom. The summed E-state index contributed by atoms with van der Waals surface area (Å²) < 4.78 is 21.5.